The number of carboxylic acid groups (broad SMARTS) is 1. The van der Waals surface area contributed by atoms with E-state index < -0.39 is 18.1 Å². The van der Waals surface area contributed by atoms with Crippen LogP contribution in [0.2, 0.25) is 0 Å². The average molecular weight is 371 g/mol. The van der Waals surface area contributed by atoms with Gasteiger partial charge in [-0.25, -0.2) is 4.79 Å². The molecule has 2 atom stereocenters. The standard InChI is InChI=1S/C22H43NO3/c1-5-9-12-13-16-20(24)19-23(17-14-10-6-2,18-15-11-7-3)21(8-4)22(25)26/h13,16,20-21,24H,5-12,14-15,17-19H2,1-4H3/p+1/b16-13+. The van der Waals surface area contributed by atoms with E-state index in [1.54, 1.807) is 0 Å². The summed E-state index contributed by atoms with van der Waals surface area (Å²) in [6.07, 6.45) is 13.8. The summed E-state index contributed by atoms with van der Waals surface area (Å²) < 4.78 is 0.519. The summed E-state index contributed by atoms with van der Waals surface area (Å²) in [5.41, 5.74) is 0. The number of rotatable bonds is 17. The van der Waals surface area contributed by atoms with Gasteiger partial charge in [-0.15, -0.1) is 0 Å². The molecule has 0 aliphatic heterocycles. The molecule has 0 aromatic rings. The third-order valence-electron chi connectivity index (χ3n) is 5.38. The van der Waals surface area contributed by atoms with Crippen LogP contribution in [0.5, 0.6) is 0 Å². The molecule has 0 aliphatic rings. The minimum Gasteiger partial charge on any atom is -0.477 e. The molecule has 0 saturated heterocycles. The van der Waals surface area contributed by atoms with E-state index in [1.165, 1.54) is 0 Å². The Bertz CT molecular complexity index is 372. The van der Waals surface area contributed by atoms with Gasteiger partial charge in [0, 0.05) is 6.42 Å². The number of hydrogen-bond donors (Lipinski definition) is 2. The summed E-state index contributed by atoms with van der Waals surface area (Å²) in [5.74, 6) is -0.720. The zero-order chi connectivity index (χ0) is 19.8. The lowest BCUT2D eigenvalue weighted by atomic mass is 10.0. The summed E-state index contributed by atoms with van der Waals surface area (Å²) in [4.78, 5) is 12.0. The van der Waals surface area contributed by atoms with Gasteiger partial charge >= 0.3 is 5.97 Å². The van der Waals surface area contributed by atoms with E-state index in [0.29, 0.717) is 17.4 Å². The largest absolute Gasteiger partial charge is 0.477 e. The molecule has 0 spiro atoms. The molecule has 0 aromatic heterocycles. The summed E-state index contributed by atoms with van der Waals surface area (Å²) in [5, 5.41) is 20.5. The number of nitrogens with zero attached hydrogens (tertiary/aromatic N) is 1. The van der Waals surface area contributed by atoms with Crippen LogP contribution in [0.4, 0.5) is 0 Å². The molecule has 0 bridgehead atoms. The van der Waals surface area contributed by atoms with Gasteiger partial charge in [-0.3, -0.25) is 0 Å². The summed E-state index contributed by atoms with van der Waals surface area (Å²) >= 11 is 0. The Morgan fingerprint density at radius 3 is 1.88 bits per heavy atom. The van der Waals surface area contributed by atoms with Crippen molar-refractivity contribution in [2.45, 2.75) is 104 Å². The van der Waals surface area contributed by atoms with E-state index in [4.69, 9.17) is 0 Å². The molecule has 26 heavy (non-hydrogen) atoms. The maximum Gasteiger partial charge on any atom is 0.362 e. The molecule has 4 nitrogen and oxygen atoms in total. The SMILES string of the molecule is CCCC/C=C/C(O)C[N+](CCCCC)(CCCCC)C(CC)C(=O)O. The number of carboxylic acids is 1. The van der Waals surface area contributed by atoms with Gasteiger partial charge in [-0.1, -0.05) is 65.5 Å². The highest BCUT2D eigenvalue weighted by molar-refractivity contribution is 5.72. The van der Waals surface area contributed by atoms with Crippen molar-refractivity contribution in [3.63, 3.8) is 0 Å². The number of hydrogen-bond acceptors (Lipinski definition) is 2. The van der Waals surface area contributed by atoms with Crippen LogP contribution in [-0.2, 0) is 4.79 Å². The Labute approximate surface area is 161 Å². The van der Waals surface area contributed by atoms with E-state index in [9.17, 15) is 15.0 Å². The number of aliphatic hydroxyl groups excluding tert-OH is 1. The van der Waals surface area contributed by atoms with Crippen LogP contribution in [-0.4, -0.2) is 52.4 Å². The van der Waals surface area contributed by atoms with E-state index in [1.807, 2.05) is 13.0 Å². The van der Waals surface area contributed by atoms with Crippen LogP contribution in [0.3, 0.4) is 0 Å². The first-order valence-electron chi connectivity index (χ1n) is 10.9. The van der Waals surface area contributed by atoms with Gasteiger partial charge < -0.3 is 14.7 Å². The monoisotopic (exact) mass is 370 g/mol. The van der Waals surface area contributed by atoms with Crippen molar-refractivity contribution in [1.29, 1.82) is 0 Å². The topological polar surface area (TPSA) is 57.5 Å². The third-order valence-corrected chi connectivity index (χ3v) is 5.38. The fourth-order valence-electron chi connectivity index (χ4n) is 3.89. The molecule has 0 aromatic carbocycles. The molecular formula is C22H44NO3+. The smallest absolute Gasteiger partial charge is 0.362 e. The molecule has 0 amide bonds. The van der Waals surface area contributed by atoms with Gasteiger partial charge in [0.2, 0.25) is 0 Å². The van der Waals surface area contributed by atoms with Gasteiger partial charge in [-0.05, 0) is 32.1 Å². The van der Waals surface area contributed by atoms with E-state index in [-0.39, 0.29) is 0 Å². The average Bonchev–Trinajstić information content (AvgIpc) is 2.59. The summed E-state index contributed by atoms with van der Waals surface area (Å²) in [6.45, 7) is 10.7. The Kier molecular flexibility index (Phi) is 14.7. The van der Waals surface area contributed by atoms with Gasteiger partial charge in [0.05, 0.1) is 13.1 Å². The maximum atomic E-state index is 12.0. The second-order valence-corrected chi connectivity index (χ2v) is 7.66. The zero-order valence-corrected chi connectivity index (χ0v) is 17.8. The van der Waals surface area contributed by atoms with Crippen molar-refractivity contribution < 1.29 is 19.5 Å². The van der Waals surface area contributed by atoms with Crippen LogP contribution in [0.15, 0.2) is 12.2 Å². The Morgan fingerprint density at radius 1 is 0.923 bits per heavy atom. The number of carbonyl (C=O) groups is 1. The van der Waals surface area contributed by atoms with Crippen molar-refractivity contribution in [3.8, 4) is 0 Å². The molecule has 0 saturated carbocycles. The highest BCUT2D eigenvalue weighted by atomic mass is 16.4. The first-order chi connectivity index (χ1) is 12.5. The number of allylic oxidation sites excluding steroid dienone is 1. The van der Waals surface area contributed by atoms with E-state index in [0.717, 1.165) is 70.9 Å². The molecule has 0 rings (SSSR count). The zero-order valence-electron chi connectivity index (χ0n) is 17.8. The molecule has 4 heteroatoms. The van der Waals surface area contributed by atoms with Gasteiger partial charge in [-0.2, -0.15) is 0 Å². The van der Waals surface area contributed by atoms with Crippen molar-refractivity contribution >= 4 is 5.97 Å². The lowest BCUT2D eigenvalue weighted by molar-refractivity contribution is -0.946. The van der Waals surface area contributed by atoms with Crippen molar-refractivity contribution in [2.24, 2.45) is 0 Å². The minimum atomic E-state index is -0.720. The normalized spacial score (nSPS) is 14.7. The van der Waals surface area contributed by atoms with E-state index >= 15 is 0 Å². The Morgan fingerprint density at radius 2 is 1.46 bits per heavy atom. The molecule has 0 heterocycles. The van der Waals surface area contributed by atoms with Crippen LogP contribution in [0.25, 0.3) is 0 Å². The fraction of sp³-hybridized carbons (Fsp3) is 0.864. The molecule has 0 radical (unpaired) electrons. The molecule has 0 fully saturated rings. The van der Waals surface area contributed by atoms with Crippen LogP contribution in [0.1, 0.15) is 91.9 Å². The summed E-state index contributed by atoms with van der Waals surface area (Å²) in [6, 6.07) is -0.428. The fourth-order valence-corrected chi connectivity index (χ4v) is 3.89. The van der Waals surface area contributed by atoms with Gasteiger partial charge in [0.1, 0.15) is 12.6 Å². The number of aliphatic carboxylic acids is 1. The first kappa shape index (κ1) is 25.1. The molecule has 2 N–H and O–H groups in total. The van der Waals surface area contributed by atoms with Crippen molar-refractivity contribution in [3.05, 3.63) is 12.2 Å². The highest BCUT2D eigenvalue weighted by Gasteiger charge is 2.41. The maximum absolute atomic E-state index is 12.0. The van der Waals surface area contributed by atoms with Crippen LogP contribution >= 0.6 is 0 Å². The van der Waals surface area contributed by atoms with Crippen molar-refractivity contribution in [2.75, 3.05) is 19.6 Å². The molecule has 154 valence electrons. The van der Waals surface area contributed by atoms with Crippen LogP contribution in [0, 0.1) is 0 Å². The second-order valence-electron chi connectivity index (χ2n) is 7.66. The quantitative estimate of drug-likeness (QED) is 0.211. The van der Waals surface area contributed by atoms with Crippen LogP contribution < -0.4 is 0 Å². The minimum absolute atomic E-state index is 0.428. The molecule has 0 aliphatic carbocycles. The first-order valence-corrected chi connectivity index (χ1v) is 10.9. The molecular weight excluding hydrogens is 326 g/mol. The Hall–Kier alpha value is -0.870. The predicted molar refractivity (Wildman–Crippen MR) is 110 cm³/mol. The lowest BCUT2D eigenvalue weighted by Gasteiger charge is -2.44. The van der Waals surface area contributed by atoms with E-state index in [2.05, 4.69) is 26.8 Å². The van der Waals surface area contributed by atoms with Crippen molar-refractivity contribution in [1.82, 2.24) is 0 Å². The predicted octanol–water partition coefficient (Wildman–Crippen LogP) is 5.15. The lowest BCUT2D eigenvalue weighted by Crippen LogP contribution is -2.62. The highest BCUT2D eigenvalue weighted by Crippen LogP contribution is 2.23. The van der Waals surface area contributed by atoms with Gasteiger partial charge in [0.25, 0.3) is 0 Å². The second kappa shape index (κ2) is 15.2. The molecule has 2 unspecified atom stereocenters. The summed E-state index contributed by atoms with van der Waals surface area (Å²) in [7, 11) is 0. The Balaban J connectivity index is 5.36. The third kappa shape index (κ3) is 9.72. The number of quaternary nitrogens is 1. The van der Waals surface area contributed by atoms with Gasteiger partial charge in [0.15, 0.2) is 6.04 Å². The number of unbranched alkanes of at least 4 members (excludes halogenated alkanes) is 6. The number of aliphatic hydroxyl groups is 1.